The van der Waals surface area contributed by atoms with Gasteiger partial charge in [-0.3, -0.25) is 4.79 Å². The Morgan fingerprint density at radius 1 is 1.19 bits per heavy atom. The summed E-state index contributed by atoms with van der Waals surface area (Å²) < 4.78 is 0. The van der Waals surface area contributed by atoms with Crippen LogP contribution in [-0.4, -0.2) is 63.1 Å². The van der Waals surface area contributed by atoms with Crippen LogP contribution in [0.5, 0.6) is 0 Å². The zero-order valence-corrected chi connectivity index (χ0v) is 18.9. The Balaban J connectivity index is 0.000000336. The van der Waals surface area contributed by atoms with Gasteiger partial charge in [-0.25, -0.2) is 0 Å². The van der Waals surface area contributed by atoms with Crippen molar-refractivity contribution in [3.8, 4) is 11.1 Å². The maximum Gasteiger partial charge on any atom is 0.247 e. The first-order chi connectivity index (χ1) is 15.5. The maximum atomic E-state index is 11.4. The van der Waals surface area contributed by atoms with Crippen molar-refractivity contribution in [3.63, 3.8) is 0 Å². The molecule has 0 spiro atoms. The van der Waals surface area contributed by atoms with Gasteiger partial charge in [0.25, 0.3) is 0 Å². The third kappa shape index (κ3) is 7.76. The number of likely N-dealkylation sites (tertiary alicyclic amines) is 1. The molecule has 7 nitrogen and oxygen atoms in total. The number of nitrogens with zero attached hydrogens (tertiary/aromatic N) is 1. The lowest BCUT2D eigenvalue weighted by atomic mass is 10.0. The molecule has 1 fully saturated rings. The number of amides is 1. The first-order valence-corrected chi connectivity index (χ1v) is 10.7. The van der Waals surface area contributed by atoms with E-state index >= 15 is 0 Å². The molecule has 170 valence electrons. The van der Waals surface area contributed by atoms with Crippen molar-refractivity contribution in [2.75, 3.05) is 44.4 Å². The molecule has 0 radical (unpaired) electrons. The minimum atomic E-state index is -0.269. The summed E-state index contributed by atoms with van der Waals surface area (Å²) in [6.07, 6.45) is 5.84. The van der Waals surface area contributed by atoms with Gasteiger partial charge in [0, 0.05) is 29.2 Å². The number of hydrogen-bond acceptors (Lipinski definition) is 6. The van der Waals surface area contributed by atoms with Gasteiger partial charge in [-0.05, 0) is 75.4 Å². The van der Waals surface area contributed by atoms with Gasteiger partial charge in [0.15, 0.2) is 0 Å². The van der Waals surface area contributed by atoms with Gasteiger partial charge in [0.05, 0.1) is 6.54 Å². The summed E-state index contributed by atoms with van der Waals surface area (Å²) in [7, 11) is 4.24. The number of piperidine rings is 1. The summed E-state index contributed by atoms with van der Waals surface area (Å²) in [5, 5.41) is 16.4. The molecule has 1 saturated heterocycles. The van der Waals surface area contributed by atoms with Crippen molar-refractivity contribution >= 4 is 29.8 Å². The fourth-order valence-corrected chi connectivity index (χ4v) is 3.43. The van der Waals surface area contributed by atoms with Gasteiger partial charge < -0.3 is 31.1 Å². The van der Waals surface area contributed by atoms with E-state index in [0.717, 1.165) is 23.5 Å². The van der Waals surface area contributed by atoms with E-state index in [4.69, 9.17) is 5.41 Å². The van der Waals surface area contributed by atoms with Crippen molar-refractivity contribution in [3.05, 3.63) is 60.7 Å². The molecule has 0 saturated carbocycles. The standard InChI is InChI=1S/C18H17N3O2.C7H16N2/c1-2-18(23)21-16-5-3-4-13(10-16)14-6-7-15(12-19)17(11-14)20-8-9-22;1-8-7-3-5-9(2)6-4-7/h2-7,9-12,19-20H,1,8H2,(H,21,23);7-8H,3-6H2,1-2H3. The zero-order valence-electron chi connectivity index (χ0n) is 18.9. The molecule has 1 aliphatic heterocycles. The summed E-state index contributed by atoms with van der Waals surface area (Å²) in [6.45, 7) is 6.12. The molecule has 32 heavy (non-hydrogen) atoms. The van der Waals surface area contributed by atoms with Crippen LogP contribution in [0.2, 0.25) is 0 Å². The number of benzene rings is 2. The molecule has 1 heterocycles. The Morgan fingerprint density at radius 2 is 1.91 bits per heavy atom. The van der Waals surface area contributed by atoms with E-state index in [1.54, 1.807) is 6.07 Å². The minimum Gasteiger partial charge on any atom is -0.378 e. The normalized spacial score (nSPS) is 13.9. The lowest BCUT2D eigenvalue weighted by molar-refractivity contribution is -0.112. The number of aldehydes is 1. The molecule has 3 rings (SSSR count). The van der Waals surface area contributed by atoms with E-state index in [2.05, 4.69) is 41.5 Å². The van der Waals surface area contributed by atoms with Gasteiger partial charge in [-0.1, -0.05) is 30.8 Å². The predicted molar refractivity (Wildman–Crippen MR) is 133 cm³/mol. The van der Waals surface area contributed by atoms with Crippen molar-refractivity contribution in [2.24, 2.45) is 0 Å². The van der Waals surface area contributed by atoms with E-state index in [9.17, 15) is 9.59 Å². The summed E-state index contributed by atoms with van der Waals surface area (Å²) in [5.41, 5.74) is 3.92. The number of hydrogen-bond donors (Lipinski definition) is 4. The van der Waals surface area contributed by atoms with E-state index in [0.29, 0.717) is 16.9 Å². The van der Waals surface area contributed by atoms with Crippen molar-refractivity contribution in [1.29, 1.82) is 5.41 Å². The lowest BCUT2D eigenvalue weighted by Crippen LogP contribution is -2.39. The minimum absolute atomic E-state index is 0.180. The molecular weight excluding hydrogens is 402 g/mol. The molecule has 0 aromatic heterocycles. The topological polar surface area (TPSA) is 97.3 Å². The first kappa shape index (κ1) is 25.0. The third-order valence-corrected chi connectivity index (χ3v) is 5.36. The molecule has 2 aromatic carbocycles. The molecule has 4 N–H and O–H groups in total. The monoisotopic (exact) mass is 435 g/mol. The Labute approximate surface area is 190 Å². The fraction of sp³-hybridized carbons (Fsp3) is 0.320. The molecule has 1 aliphatic rings. The summed E-state index contributed by atoms with van der Waals surface area (Å²) in [4.78, 5) is 24.3. The Morgan fingerprint density at radius 3 is 2.53 bits per heavy atom. The van der Waals surface area contributed by atoms with Gasteiger partial charge in [-0.2, -0.15) is 0 Å². The Kier molecular flexibility index (Phi) is 10.3. The average Bonchev–Trinajstić information content (AvgIpc) is 2.83. The molecule has 0 bridgehead atoms. The highest BCUT2D eigenvalue weighted by atomic mass is 16.1. The molecule has 7 heteroatoms. The van der Waals surface area contributed by atoms with Crippen LogP contribution in [-0.2, 0) is 9.59 Å². The van der Waals surface area contributed by atoms with Crippen molar-refractivity contribution in [1.82, 2.24) is 10.2 Å². The largest absolute Gasteiger partial charge is 0.378 e. The van der Waals surface area contributed by atoms with Crippen LogP contribution in [0.25, 0.3) is 11.1 Å². The molecule has 0 aliphatic carbocycles. The smallest absolute Gasteiger partial charge is 0.247 e. The maximum absolute atomic E-state index is 11.4. The summed E-state index contributed by atoms with van der Waals surface area (Å²) >= 11 is 0. The highest BCUT2D eigenvalue weighted by molar-refractivity contribution is 5.99. The first-order valence-electron chi connectivity index (χ1n) is 10.7. The van der Waals surface area contributed by atoms with Crippen LogP contribution in [0.3, 0.4) is 0 Å². The van der Waals surface area contributed by atoms with E-state index in [1.807, 2.05) is 36.4 Å². The SMILES string of the molecule is C=CC(=O)Nc1cccc(-c2ccc(C=N)c(NCC=O)c2)c1.CNC1CCN(C)CC1. The van der Waals surface area contributed by atoms with Crippen molar-refractivity contribution in [2.45, 2.75) is 18.9 Å². The predicted octanol–water partition coefficient (Wildman–Crippen LogP) is 3.39. The van der Waals surface area contributed by atoms with Crippen molar-refractivity contribution < 1.29 is 9.59 Å². The fourth-order valence-electron chi connectivity index (χ4n) is 3.43. The summed E-state index contributed by atoms with van der Waals surface area (Å²) in [6, 6.07) is 13.8. The number of carbonyl (C=O) groups excluding carboxylic acids is 2. The van der Waals surface area contributed by atoms with Crippen LogP contribution in [0.4, 0.5) is 11.4 Å². The molecule has 2 aromatic rings. The lowest BCUT2D eigenvalue weighted by Gasteiger charge is -2.28. The third-order valence-electron chi connectivity index (χ3n) is 5.36. The van der Waals surface area contributed by atoms with Gasteiger partial charge >= 0.3 is 0 Å². The number of rotatable bonds is 8. The second kappa shape index (κ2) is 13.2. The van der Waals surface area contributed by atoms with Crippen LogP contribution in [0.1, 0.15) is 18.4 Å². The number of anilines is 2. The number of carbonyl (C=O) groups is 2. The van der Waals surface area contributed by atoms with E-state index in [-0.39, 0.29) is 12.5 Å². The molecule has 1 amide bonds. The van der Waals surface area contributed by atoms with Crippen LogP contribution in [0.15, 0.2) is 55.1 Å². The van der Waals surface area contributed by atoms with E-state index in [1.165, 1.54) is 38.2 Å². The molecule has 0 unspecified atom stereocenters. The van der Waals surface area contributed by atoms with Gasteiger partial charge in [0.1, 0.15) is 6.29 Å². The summed E-state index contributed by atoms with van der Waals surface area (Å²) in [5.74, 6) is -0.269. The highest BCUT2D eigenvalue weighted by Gasteiger charge is 2.13. The average molecular weight is 436 g/mol. The second-order valence-corrected chi connectivity index (χ2v) is 7.63. The van der Waals surface area contributed by atoms with E-state index < -0.39 is 0 Å². The Bertz CT molecular complexity index is 920. The second-order valence-electron chi connectivity index (χ2n) is 7.63. The van der Waals surface area contributed by atoms with Gasteiger partial charge in [-0.15, -0.1) is 0 Å². The van der Waals surface area contributed by atoms with Gasteiger partial charge in [0.2, 0.25) is 5.91 Å². The zero-order chi connectivity index (χ0) is 23.3. The van der Waals surface area contributed by atoms with Crippen LogP contribution in [0, 0.1) is 5.41 Å². The highest BCUT2D eigenvalue weighted by Crippen LogP contribution is 2.27. The Hall–Kier alpha value is -3.29. The molecule has 0 atom stereocenters. The quantitative estimate of drug-likeness (QED) is 0.290. The van der Waals surface area contributed by atoms with Crippen LogP contribution >= 0.6 is 0 Å². The molecular formula is C25H33N5O2. The number of nitrogens with one attached hydrogen (secondary N) is 4. The van der Waals surface area contributed by atoms with Crippen LogP contribution < -0.4 is 16.0 Å².